The van der Waals surface area contributed by atoms with Gasteiger partial charge in [0.05, 0.1) is 11.5 Å². The van der Waals surface area contributed by atoms with Crippen LogP contribution in [0.3, 0.4) is 0 Å². The van der Waals surface area contributed by atoms with E-state index in [1.807, 2.05) is 6.92 Å². The molecule has 1 aromatic carbocycles. The first-order chi connectivity index (χ1) is 12.0. The van der Waals surface area contributed by atoms with E-state index >= 15 is 0 Å². The molecule has 1 fully saturated rings. The predicted molar refractivity (Wildman–Crippen MR) is 93.7 cm³/mol. The van der Waals surface area contributed by atoms with Crippen molar-refractivity contribution in [3.05, 3.63) is 28.7 Å². The van der Waals surface area contributed by atoms with E-state index in [9.17, 15) is 14.4 Å². The Balaban J connectivity index is 2.37. The van der Waals surface area contributed by atoms with Gasteiger partial charge in [-0.05, 0) is 37.2 Å². The summed E-state index contributed by atoms with van der Waals surface area (Å²) in [5.74, 6) is -0.873. The quantitative estimate of drug-likeness (QED) is 0.708. The summed E-state index contributed by atoms with van der Waals surface area (Å²) in [5, 5.41) is 8.54. The second-order valence-electron chi connectivity index (χ2n) is 5.12. The van der Waals surface area contributed by atoms with Crippen molar-refractivity contribution in [1.29, 1.82) is 0 Å². The molecule has 7 nitrogen and oxygen atoms in total. The van der Waals surface area contributed by atoms with Gasteiger partial charge in [0.15, 0.2) is 18.1 Å². The van der Waals surface area contributed by atoms with E-state index in [0.717, 1.165) is 11.8 Å². The van der Waals surface area contributed by atoms with Gasteiger partial charge in [0, 0.05) is 12.1 Å². The van der Waals surface area contributed by atoms with Gasteiger partial charge < -0.3 is 14.6 Å². The second-order valence-corrected chi connectivity index (χ2v) is 6.12. The van der Waals surface area contributed by atoms with Crippen LogP contribution in [0.2, 0.25) is 0 Å². The average Bonchev–Trinajstić information content (AvgIpc) is 2.82. The highest BCUT2D eigenvalue weighted by Crippen LogP contribution is 2.37. The normalized spacial score (nSPS) is 15.8. The number of benzene rings is 1. The Labute approximate surface area is 149 Å². The third-order valence-electron chi connectivity index (χ3n) is 3.26. The summed E-state index contributed by atoms with van der Waals surface area (Å²) in [6, 6.07) is 5.04. The van der Waals surface area contributed by atoms with Crippen LogP contribution in [0.4, 0.5) is 4.79 Å². The zero-order valence-corrected chi connectivity index (χ0v) is 14.8. The number of imide groups is 1. The number of carbonyl (C=O) groups is 3. The number of ether oxygens (including phenoxy) is 2. The number of rotatable bonds is 8. The predicted octanol–water partition coefficient (Wildman–Crippen LogP) is 3.00. The maximum absolute atomic E-state index is 12.3. The van der Waals surface area contributed by atoms with Gasteiger partial charge in [-0.2, -0.15) is 0 Å². The Hall–Kier alpha value is -2.48. The maximum atomic E-state index is 12.3. The summed E-state index contributed by atoms with van der Waals surface area (Å²) in [6.45, 7) is 3.88. The Morgan fingerprint density at radius 3 is 2.68 bits per heavy atom. The van der Waals surface area contributed by atoms with Gasteiger partial charge >= 0.3 is 5.97 Å². The lowest BCUT2D eigenvalue weighted by molar-refractivity contribution is -0.139. The SMILES string of the molecule is CCCN1C(=O)S/C(=C\c2cccc(OCC)c2OCC(=O)O)C1=O. The van der Waals surface area contributed by atoms with Crippen LogP contribution in [-0.2, 0) is 9.59 Å². The highest BCUT2D eigenvalue weighted by Gasteiger charge is 2.34. The van der Waals surface area contributed by atoms with Gasteiger partial charge in [-0.1, -0.05) is 19.1 Å². The fraction of sp³-hybridized carbons (Fsp3) is 0.353. The molecule has 1 heterocycles. The lowest BCUT2D eigenvalue weighted by Gasteiger charge is -2.13. The number of aliphatic carboxylic acids is 1. The van der Waals surface area contributed by atoms with Crippen molar-refractivity contribution < 1.29 is 29.0 Å². The molecule has 0 saturated carbocycles. The smallest absolute Gasteiger partial charge is 0.341 e. The minimum absolute atomic E-state index is 0.231. The average molecular weight is 365 g/mol. The summed E-state index contributed by atoms with van der Waals surface area (Å²) in [6.07, 6.45) is 2.21. The molecular formula is C17H19NO6S. The summed E-state index contributed by atoms with van der Waals surface area (Å²) in [7, 11) is 0. The van der Waals surface area contributed by atoms with Gasteiger partial charge in [0.2, 0.25) is 0 Å². The molecule has 8 heteroatoms. The van der Waals surface area contributed by atoms with Gasteiger partial charge in [-0.15, -0.1) is 0 Å². The molecule has 0 spiro atoms. The van der Waals surface area contributed by atoms with Crippen LogP contribution in [0.1, 0.15) is 25.8 Å². The number of nitrogens with zero attached hydrogens (tertiary/aromatic N) is 1. The molecule has 0 atom stereocenters. The monoisotopic (exact) mass is 365 g/mol. The fourth-order valence-corrected chi connectivity index (χ4v) is 3.12. The minimum Gasteiger partial charge on any atom is -0.490 e. The van der Waals surface area contributed by atoms with Crippen molar-refractivity contribution in [3.63, 3.8) is 0 Å². The van der Waals surface area contributed by atoms with Gasteiger partial charge in [0.1, 0.15) is 0 Å². The molecule has 0 bridgehead atoms. The van der Waals surface area contributed by atoms with E-state index in [2.05, 4.69) is 0 Å². The van der Waals surface area contributed by atoms with Crippen molar-refractivity contribution in [3.8, 4) is 11.5 Å². The minimum atomic E-state index is -1.12. The Kier molecular flexibility index (Phi) is 6.46. The van der Waals surface area contributed by atoms with E-state index in [4.69, 9.17) is 14.6 Å². The summed E-state index contributed by atoms with van der Waals surface area (Å²) < 4.78 is 10.8. The summed E-state index contributed by atoms with van der Waals surface area (Å²) in [5.41, 5.74) is 0.481. The Morgan fingerprint density at radius 1 is 1.28 bits per heavy atom. The van der Waals surface area contributed by atoms with E-state index in [0.29, 0.717) is 30.9 Å². The number of carboxylic acid groups (broad SMARTS) is 1. The van der Waals surface area contributed by atoms with Gasteiger partial charge in [-0.25, -0.2) is 4.79 Å². The second kappa shape index (κ2) is 8.57. The van der Waals surface area contributed by atoms with Crippen molar-refractivity contribution >= 4 is 35.0 Å². The van der Waals surface area contributed by atoms with Gasteiger partial charge in [0.25, 0.3) is 11.1 Å². The molecule has 0 aromatic heterocycles. The van der Waals surface area contributed by atoms with E-state index in [1.165, 1.54) is 11.0 Å². The topological polar surface area (TPSA) is 93.1 Å². The third kappa shape index (κ3) is 4.54. The lowest BCUT2D eigenvalue weighted by Crippen LogP contribution is -2.28. The van der Waals surface area contributed by atoms with Crippen LogP contribution < -0.4 is 9.47 Å². The number of hydrogen-bond acceptors (Lipinski definition) is 6. The number of carbonyl (C=O) groups excluding carboxylic acids is 2. The summed E-state index contributed by atoms with van der Waals surface area (Å²) in [4.78, 5) is 36.6. The molecule has 2 amide bonds. The molecule has 0 radical (unpaired) electrons. The molecule has 25 heavy (non-hydrogen) atoms. The molecule has 1 saturated heterocycles. The summed E-state index contributed by atoms with van der Waals surface area (Å²) >= 11 is 0.855. The first-order valence-electron chi connectivity index (χ1n) is 7.83. The van der Waals surface area contributed by atoms with E-state index in [-0.39, 0.29) is 21.8 Å². The highest BCUT2D eigenvalue weighted by atomic mass is 32.2. The first kappa shape index (κ1) is 18.9. The lowest BCUT2D eigenvalue weighted by atomic mass is 10.1. The highest BCUT2D eigenvalue weighted by molar-refractivity contribution is 8.18. The molecule has 2 rings (SSSR count). The molecule has 0 aliphatic carbocycles. The molecule has 1 aliphatic rings. The third-order valence-corrected chi connectivity index (χ3v) is 4.16. The van der Waals surface area contributed by atoms with Crippen molar-refractivity contribution in [2.75, 3.05) is 19.8 Å². The fourth-order valence-electron chi connectivity index (χ4n) is 2.26. The molecule has 1 aliphatic heterocycles. The van der Waals surface area contributed by atoms with E-state index in [1.54, 1.807) is 25.1 Å². The molecular weight excluding hydrogens is 346 g/mol. The zero-order chi connectivity index (χ0) is 18.4. The number of para-hydroxylation sites is 1. The number of amides is 2. The standard InChI is InChI=1S/C17H19NO6S/c1-3-8-18-16(21)13(25-17(18)22)9-11-6-5-7-12(23-4-2)15(11)24-10-14(19)20/h5-7,9H,3-4,8,10H2,1-2H3,(H,19,20)/b13-9-. The Bertz CT molecular complexity index is 715. The molecule has 1 N–H and O–H groups in total. The zero-order valence-electron chi connectivity index (χ0n) is 14.0. The number of carboxylic acids is 1. The van der Waals surface area contributed by atoms with Crippen LogP contribution in [0.25, 0.3) is 6.08 Å². The van der Waals surface area contributed by atoms with Crippen LogP contribution in [0.15, 0.2) is 23.1 Å². The van der Waals surface area contributed by atoms with Crippen molar-refractivity contribution in [1.82, 2.24) is 4.90 Å². The molecule has 0 unspecified atom stereocenters. The Morgan fingerprint density at radius 2 is 2.04 bits per heavy atom. The van der Waals surface area contributed by atoms with Crippen molar-refractivity contribution in [2.24, 2.45) is 0 Å². The van der Waals surface area contributed by atoms with Crippen LogP contribution >= 0.6 is 11.8 Å². The molecule has 134 valence electrons. The van der Waals surface area contributed by atoms with Crippen molar-refractivity contribution in [2.45, 2.75) is 20.3 Å². The largest absolute Gasteiger partial charge is 0.490 e. The van der Waals surface area contributed by atoms with Crippen LogP contribution in [0.5, 0.6) is 11.5 Å². The van der Waals surface area contributed by atoms with E-state index < -0.39 is 12.6 Å². The molecule has 1 aromatic rings. The number of hydrogen-bond donors (Lipinski definition) is 1. The maximum Gasteiger partial charge on any atom is 0.341 e. The first-order valence-corrected chi connectivity index (χ1v) is 8.65. The number of thioether (sulfide) groups is 1. The van der Waals surface area contributed by atoms with Crippen LogP contribution in [-0.4, -0.2) is 46.9 Å². The van der Waals surface area contributed by atoms with Crippen LogP contribution in [0, 0.1) is 0 Å². The van der Waals surface area contributed by atoms with Gasteiger partial charge in [-0.3, -0.25) is 14.5 Å².